The van der Waals surface area contributed by atoms with E-state index in [1.165, 1.54) is 0 Å². The van der Waals surface area contributed by atoms with Gasteiger partial charge in [0, 0.05) is 0 Å². The van der Waals surface area contributed by atoms with Crippen molar-refractivity contribution in [2.45, 2.75) is 13.6 Å². The molecule has 1 saturated heterocycles. The number of hydrogen-bond donors (Lipinski definition) is 0. The Morgan fingerprint density at radius 1 is 1.00 bits per heavy atom. The minimum atomic E-state index is -0.199. The van der Waals surface area contributed by atoms with E-state index in [9.17, 15) is 0 Å². The zero-order valence-corrected chi connectivity index (χ0v) is 4.38. The topological polar surface area (TPSA) is 27.7 Å². The van der Waals surface area contributed by atoms with Crippen LogP contribution in [-0.2, 0) is 14.2 Å². The van der Waals surface area contributed by atoms with Gasteiger partial charge in [-0.1, -0.05) is 0 Å². The Morgan fingerprint density at radius 2 is 1.43 bits per heavy atom. The molecule has 1 fully saturated rings. The molecule has 0 N–H and O–H groups in total. The van der Waals surface area contributed by atoms with Crippen molar-refractivity contribution in [3.63, 3.8) is 0 Å². The van der Waals surface area contributed by atoms with Gasteiger partial charge in [-0.3, -0.25) is 9.61 Å². The predicted octanol–water partition coefficient (Wildman–Crippen LogP) is 0.201. The van der Waals surface area contributed by atoms with Crippen LogP contribution in [0, 0.1) is 0 Å². The van der Waals surface area contributed by atoms with Gasteiger partial charge in [0.25, 0.3) is 0 Å². The lowest BCUT2D eigenvalue weighted by Crippen LogP contribution is -2.11. The van der Waals surface area contributed by atoms with Gasteiger partial charge in [-0.05, 0) is 13.6 Å². The quantitative estimate of drug-likeness (QED) is 0.321. The summed E-state index contributed by atoms with van der Waals surface area (Å²) in [7, 11) is -0.398. The maximum Gasteiger partial charge on any atom is 0.472 e. The third-order valence-corrected chi connectivity index (χ3v) is 0.710. The van der Waals surface area contributed by atoms with Gasteiger partial charge in [-0.2, -0.15) is 0 Å². The first-order valence-electron chi connectivity index (χ1n) is 2.26. The Balaban J connectivity index is 2.26. The smallest absolute Gasteiger partial charge is 0.448 e. The van der Waals surface area contributed by atoms with Gasteiger partial charge in [0.2, 0.25) is 0 Å². The zero-order chi connectivity index (χ0) is 5.28. The Morgan fingerprint density at radius 3 is 1.57 bits per heavy atom. The molecule has 0 radical (unpaired) electrons. The normalized spacial score (nSPS) is 21.4. The first-order chi connectivity index (χ1) is 3.29. The lowest BCUT2D eigenvalue weighted by atomic mass is 9.88. The molecule has 1 rings (SSSR count). The summed E-state index contributed by atoms with van der Waals surface area (Å²) in [6.45, 7) is 3.56. The van der Waals surface area contributed by atoms with Crippen molar-refractivity contribution in [2.24, 2.45) is 0 Å². The van der Waals surface area contributed by atoms with E-state index in [0.29, 0.717) is 0 Å². The second kappa shape index (κ2) is 1.86. The van der Waals surface area contributed by atoms with E-state index < -0.39 is 0 Å². The van der Waals surface area contributed by atoms with Crippen LogP contribution in [0.2, 0.25) is 13.6 Å². The van der Waals surface area contributed by atoms with Crippen LogP contribution in [0.15, 0.2) is 0 Å². The van der Waals surface area contributed by atoms with Crippen LogP contribution in [0.1, 0.15) is 0 Å². The van der Waals surface area contributed by atoms with E-state index in [-0.39, 0.29) is 14.2 Å². The maximum atomic E-state index is 4.92. The molecule has 0 bridgehead atoms. The average molecular weight is 99.7 g/mol. The summed E-state index contributed by atoms with van der Waals surface area (Å²) in [6.07, 6.45) is 0. The van der Waals surface area contributed by atoms with E-state index in [1.54, 1.807) is 13.6 Å². The van der Waals surface area contributed by atoms with Crippen LogP contribution in [0.4, 0.5) is 0 Å². The molecule has 0 aliphatic carbocycles. The molecule has 5 heteroatoms. The second-order valence-electron chi connectivity index (χ2n) is 1.46. The molecule has 0 atom stereocenters. The SMILES string of the molecule is CB1OOB(C)O1. The summed E-state index contributed by atoms with van der Waals surface area (Å²) in [5.74, 6) is 0. The fourth-order valence-electron chi connectivity index (χ4n) is 0.472. The lowest BCUT2D eigenvalue weighted by molar-refractivity contribution is -0.0967. The average Bonchev–Trinajstić information content (AvgIpc) is 1.87. The Labute approximate surface area is 43.2 Å². The highest BCUT2D eigenvalue weighted by atomic mass is 17.2. The molecule has 0 spiro atoms. The summed E-state index contributed by atoms with van der Waals surface area (Å²) in [5, 5.41) is 0. The van der Waals surface area contributed by atoms with Crippen LogP contribution < -0.4 is 0 Å². The van der Waals surface area contributed by atoms with Gasteiger partial charge in [0.05, 0.1) is 0 Å². The van der Waals surface area contributed by atoms with E-state index >= 15 is 0 Å². The highest BCUT2D eigenvalue weighted by molar-refractivity contribution is 6.60. The fraction of sp³-hybridized carbons (Fsp3) is 1.00. The van der Waals surface area contributed by atoms with Gasteiger partial charge in [-0.25, -0.2) is 0 Å². The summed E-state index contributed by atoms with van der Waals surface area (Å²) in [6, 6.07) is 0. The zero-order valence-electron chi connectivity index (χ0n) is 4.38. The third kappa shape index (κ3) is 1.19. The Kier molecular flexibility index (Phi) is 1.37. The molecule has 38 valence electrons. The van der Waals surface area contributed by atoms with Crippen LogP contribution in [0.5, 0.6) is 0 Å². The molecule has 1 aliphatic heterocycles. The number of hydrogen-bond acceptors (Lipinski definition) is 3. The van der Waals surface area contributed by atoms with Crippen LogP contribution in [0.25, 0.3) is 0 Å². The highest BCUT2D eigenvalue weighted by Gasteiger charge is 2.28. The largest absolute Gasteiger partial charge is 0.472 e. The van der Waals surface area contributed by atoms with Crippen molar-refractivity contribution in [3.05, 3.63) is 0 Å². The van der Waals surface area contributed by atoms with Crippen molar-refractivity contribution in [1.82, 2.24) is 0 Å². The maximum absolute atomic E-state index is 4.92. The molecule has 0 saturated carbocycles. The third-order valence-electron chi connectivity index (χ3n) is 0.710. The van der Waals surface area contributed by atoms with Crippen LogP contribution in [0.3, 0.4) is 0 Å². The minimum absolute atomic E-state index is 0.199. The predicted molar refractivity (Wildman–Crippen MR) is 26.5 cm³/mol. The molecule has 1 aliphatic rings. The molecule has 3 nitrogen and oxygen atoms in total. The first kappa shape index (κ1) is 5.15. The molecule has 0 aromatic rings. The van der Waals surface area contributed by atoms with Crippen molar-refractivity contribution in [3.8, 4) is 0 Å². The summed E-state index contributed by atoms with van der Waals surface area (Å²) < 4.78 is 4.92. The molecular weight excluding hydrogens is 93.6 g/mol. The molecule has 0 amide bonds. The molecule has 0 aromatic heterocycles. The van der Waals surface area contributed by atoms with E-state index in [4.69, 9.17) is 4.57 Å². The van der Waals surface area contributed by atoms with Gasteiger partial charge in [0.1, 0.15) is 0 Å². The van der Waals surface area contributed by atoms with Gasteiger partial charge >= 0.3 is 14.2 Å². The molecule has 1 heterocycles. The highest BCUT2D eigenvalue weighted by Crippen LogP contribution is 2.03. The van der Waals surface area contributed by atoms with Gasteiger partial charge < -0.3 is 4.57 Å². The summed E-state index contributed by atoms with van der Waals surface area (Å²) in [4.78, 5) is 9.09. The summed E-state index contributed by atoms with van der Waals surface area (Å²) in [5.41, 5.74) is 0. The summed E-state index contributed by atoms with van der Waals surface area (Å²) >= 11 is 0. The van der Waals surface area contributed by atoms with Crippen molar-refractivity contribution >= 4 is 14.2 Å². The molecule has 0 aromatic carbocycles. The lowest BCUT2D eigenvalue weighted by Gasteiger charge is -1.87. The van der Waals surface area contributed by atoms with E-state index in [2.05, 4.69) is 9.61 Å². The standard InChI is InChI=1S/C2H6B2O3/c1-3-5-4(2)7-6-3/h1-2H3. The Bertz CT molecular complexity index is 60.0. The van der Waals surface area contributed by atoms with Gasteiger partial charge in [0.15, 0.2) is 0 Å². The van der Waals surface area contributed by atoms with Gasteiger partial charge in [-0.15, -0.1) is 0 Å². The molecular formula is C2H6B2O3. The number of rotatable bonds is 0. The first-order valence-corrected chi connectivity index (χ1v) is 2.26. The minimum Gasteiger partial charge on any atom is -0.448 e. The van der Waals surface area contributed by atoms with E-state index in [0.717, 1.165) is 0 Å². The fourth-order valence-corrected chi connectivity index (χ4v) is 0.472. The molecule has 0 unspecified atom stereocenters. The Hall–Kier alpha value is 0.00987. The van der Waals surface area contributed by atoms with E-state index in [1.807, 2.05) is 0 Å². The monoisotopic (exact) mass is 100 g/mol. The second-order valence-corrected chi connectivity index (χ2v) is 1.46. The molecule has 7 heavy (non-hydrogen) atoms. The van der Waals surface area contributed by atoms with Crippen molar-refractivity contribution in [2.75, 3.05) is 0 Å². The van der Waals surface area contributed by atoms with Crippen LogP contribution in [-0.4, -0.2) is 14.2 Å². The van der Waals surface area contributed by atoms with Crippen molar-refractivity contribution in [1.29, 1.82) is 0 Å². The van der Waals surface area contributed by atoms with Crippen LogP contribution >= 0.6 is 0 Å². The van der Waals surface area contributed by atoms with Crippen molar-refractivity contribution < 1.29 is 14.2 Å².